The smallest absolute Gasteiger partial charge is 0.0848 e. The van der Waals surface area contributed by atoms with Crippen molar-refractivity contribution in [2.45, 2.75) is 25.8 Å². The lowest BCUT2D eigenvalue weighted by Gasteiger charge is -2.25. The molecule has 0 bridgehead atoms. The Balaban J connectivity index is 2.07. The van der Waals surface area contributed by atoms with Gasteiger partial charge < -0.3 is 10.6 Å². The minimum absolute atomic E-state index is 0.519. The number of rotatable bonds is 5. The second-order valence-electron chi connectivity index (χ2n) is 4.50. The summed E-state index contributed by atoms with van der Waals surface area (Å²) in [5, 5.41) is 12.8. The van der Waals surface area contributed by atoms with Crippen molar-refractivity contribution in [2.75, 3.05) is 23.4 Å². The van der Waals surface area contributed by atoms with Gasteiger partial charge in [0, 0.05) is 18.5 Å². The molecule has 2 N–H and O–H groups in total. The molecule has 1 fully saturated rings. The summed E-state index contributed by atoms with van der Waals surface area (Å²) < 4.78 is 0. The van der Waals surface area contributed by atoms with Crippen molar-refractivity contribution in [2.24, 2.45) is 5.10 Å². The molecule has 2 rings (SSSR count). The predicted molar refractivity (Wildman–Crippen MR) is 80.6 cm³/mol. The van der Waals surface area contributed by atoms with Gasteiger partial charge in [0.15, 0.2) is 0 Å². The van der Waals surface area contributed by atoms with Gasteiger partial charge in [0.25, 0.3) is 0 Å². The molecule has 0 spiro atoms. The second-order valence-corrected chi connectivity index (χ2v) is 4.50. The molecule has 0 radical (unpaired) electrons. The van der Waals surface area contributed by atoms with Crippen LogP contribution in [0.4, 0.5) is 11.4 Å². The van der Waals surface area contributed by atoms with Crippen molar-refractivity contribution in [3.63, 3.8) is 0 Å². The van der Waals surface area contributed by atoms with Gasteiger partial charge in [-0.3, -0.25) is 4.98 Å². The third-order valence-electron chi connectivity index (χ3n) is 3.11. The number of anilines is 2. The molecule has 1 saturated heterocycles. The molecule has 0 unspecified atom stereocenters. The normalized spacial score (nSPS) is 16.5. The summed E-state index contributed by atoms with van der Waals surface area (Å²) in [6.07, 6.45) is 9.32. The number of piperidine rings is 1. The Hall–Kier alpha value is -1.88. The van der Waals surface area contributed by atoms with Crippen LogP contribution in [-0.4, -0.2) is 30.3 Å². The first-order valence-electron chi connectivity index (χ1n) is 6.66. The Morgan fingerprint density at radius 1 is 1.47 bits per heavy atom. The quantitative estimate of drug-likeness (QED) is 0.629. The molecule has 1 aromatic heterocycles. The van der Waals surface area contributed by atoms with E-state index >= 15 is 0 Å². The summed E-state index contributed by atoms with van der Waals surface area (Å²) in [7, 11) is 0. The highest BCUT2D eigenvalue weighted by Crippen LogP contribution is 2.20. The first-order chi connectivity index (χ1) is 9.33. The monoisotopic (exact) mass is 259 g/mol. The van der Waals surface area contributed by atoms with E-state index in [1.54, 1.807) is 23.6 Å². The van der Waals surface area contributed by atoms with Crippen LogP contribution in [-0.2, 0) is 0 Å². The lowest BCUT2D eigenvalue weighted by atomic mass is 10.1. The molecular weight excluding hydrogens is 238 g/mol. The van der Waals surface area contributed by atoms with Crippen molar-refractivity contribution < 1.29 is 0 Å². The summed E-state index contributed by atoms with van der Waals surface area (Å²) in [6, 6.07) is 2.56. The summed E-state index contributed by atoms with van der Waals surface area (Å²) in [6.45, 7) is 7.78. The summed E-state index contributed by atoms with van der Waals surface area (Å²) in [5.74, 6) is 0. The van der Waals surface area contributed by atoms with Crippen LogP contribution in [0.1, 0.15) is 19.8 Å². The number of hydrogen-bond acceptors (Lipinski definition) is 5. The summed E-state index contributed by atoms with van der Waals surface area (Å²) in [4.78, 5) is 4.26. The number of nitrogens with one attached hydrogen (secondary N) is 2. The van der Waals surface area contributed by atoms with Gasteiger partial charge in [-0.25, -0.2) is 5.01 Å². The van der Waals surface area contributed by atoms with E-state index in [2.05, 4.69) is 27.3 Å². The second kappa shape index (κ2) is 6.89. The van der Waals surface area contributed by atoms with E-state index in [0.29, 0.717) is 6.04 Å². The Morgan fingerprint density at radius 2 is 2.26 bits per heavy atom. The van der Waals surface area contributed by atoms with E-state index in [4.69, 9.17) is 0 Å². The number of hydrogen-bond donors (Lipinski definition) is 2. The third-order valence-corrected chi connectivity index (χ3v) is 3.11. The molecule has 0 saturated carbocycles. The van der Waals surface area contributed by atoms with Gasteiger partial charge in [-0.15, -0.1) is 0 Å². The van der Waals surface area contributed by atoms with Crippen LogP contribution in [0.15, 0.2) is 36.3 Å². The molecule has 5 nitrogen and oxygen atoms in total. The first kappa shape index (κ1) is 13.5. The third kappa shape index (κ3) is 3.79. The van der Waals surface area contributed by atoms with E-state index in [1.807, 2.05) is 19.2 Å². The van der Waals surface area contributed by atoms with Crippen LogP contribution in [0.3, 0.4) is 0 Å². The van der Waals surface area contributed by atoms with Gasteiger partial charge in [-0.05, 0) is 38.9 Å². The number of nitrogens with zero attached hydrogens (tertiary/aromatic N) is 3. The van der Waals surface area contributed by atoms with Gasteiger partial charge in [-0.1, -0.05) is 6.58 Å². The van der Waals surface area contributed by atoms with E-state index in [0.717, 1.165) is 37.3 Å². The fraction of sp³-hybridized carbons (Fsp3) is 0.429. The van der Waals surface area contributed by atoms with E-state index < -0.39 is 0 Å². The van der Waals surface area contributed by atoms with Gasteiger partial charge in [-0.2, -0.15) is 5.10 Å². The Morgan fingerprint density at radius 3 is 2.95 bits per heavy atom. The van der Waals surface area contributed by atoms with Crippen LogP contribution in [0.5, 0.6) is 0 Å². The van der Waals surface area contributed by atoms with Gasteiger partial charge in [0.05, 0.1) is 23.8 Å². The number of pyridine rings is 1. The lowest BCUT2D eigenvalue weighted by molar-refractivity contribution is 0.479. The van der Waals surface area contributed by atoms with Crippen LogP contribution in [0.2, 0.25) is 0 Å². The largest absolute Gasteiger partial charge is 0.381 e. The summed E-state index contributed by atoms with van der Waals surface area (Å²) >= 11 is 0. The molecule has 1 aromatic rings. The maximum Gasteiger partial charge on any atom is 0.0848 e. The van der Waals surface area contributed by atoms with E-state index in [-0.39, 0.29) is 0 Å². The minimum Gasteiger partial charge on any atom is -0.381 e. The first-order valence-corrected chi connectivity index (χ1v) is 6.66. The SMILES string of the molecule is C=CN(/N=C\C)c1cncc(NC2CCNCC2)c1. The van der Waals surface area contributed by atoms with Gasteiger partial charge >= 0.3 is 0 Å². The molecule has 1 aliphatic rings. The zero-order chi connectivity index (χ0) is 13.5. The average Bonchev–Trinajstić information content (AvgIpc) is 2.46. The molecule has 102 valence electrons. The highest BCUT2D eigenvalue weighted by atomic mass is 15.4. The van der Waals surface area contributed by atoms with Crippen LogP contribution < -0.4 is 15.6 Å². The zero-order valence-corrected chi connectivity index (χ0v) is 11.3. The van der Waals surface area contributed by atoms with Gasteiger partial charge in [0.1, 0.15) is 0 Å². The van der Waals surface area contributed by atoms with Crippen molar-refractivity contribution >= 4 is 17.6 Å². The van der Waals surface area contributed by atoms with Crippen molar-refractivity contribution in [3.8, 4) is 0 Å². The molecule has 19 heavy (non-hydrogen) atoms. The molecule has 0 aliphatic carbocycles. The minimum atomic E-state index is 0.519. The van der Waals surface area contributed by atoms with Crippen LogP contribution >= 0.6 is 0 Å². The molecule has 2 heterocycles. The van der Waals surface area contributed by atoms with Crippen molar-refractivity contribution in [1.29, 1.82) is 0 Å². The highest BCUT2D eigenvalue weighted by molar-refractivity contribution is 5.61. The predicted octanol–water partition coefficient (Wildman–Crippen LogP) is 2.20. The number of hydrazone groups is 1. The molecule has 1 aliphatic heterocycles. The maximum absolute atomic E-state index is 4.26. The highest BCUT2D eigenvalue weighted by Gasteiger charge is 2.13. The molecular formula is C14H21N5. The van der Waals surface area contributed by atoms with Crippen molar-refractivity contribution in [3.05, 3.63) is 31.2 Å². The van der Waals surface area contributed by atoms with E-state index in [9.17, 15) is 0 Å². The Labute approximate surface area is 114 Å². The van der Waals surface area contributed by atoms with E-state index in [1.165, 1.54) is 0 Å². The molecule has 5 heteroatoms. The fourth-order valence-electron chi connectivity index (χ4n) is 2.18. The standard InChI is InChI=1S/C14H21N5/c1-3-17-19(4-2)14-9-13(10-16-11-14)18-12-5-7-15-8-6-12/h3-4,9-12,15,18H,2,5-8H2,1H3/b17-3-. The Bertz CT molecular complexity index is 437. The van der Waals surface area contributed by atoms with Gasteiger partial charge in [0.2, 0.25) is 0 Å². The van der Waals surface area contributed by atoms with Crippen molar-refractivity contribution in [1.82, 2.24) is 10.3 Å². The van der Waals surface area contributed by atoms with Crippen LogP contribution in [0, 0.1) is 0 Å². The van der Waals surface area contributed by atoms with Crippen LogP contribution in [0.25, 0.3) is 0 Å². The molecule has 0 amide bonds. The maximum atomic E-state index is 4.26. The topological polar surface area (TPSA) is 52.6 Å². The average molecular weight is 259 g/mol. The lowest BCUT2D eigenvalue weighted by Crippen LogP contribution is -2.35. The number of aromatic nitrogens is 1. The fourth-order valence-corrected chi connectivity index (χ4v) is 2.18. The molecule has 0 atom stereocenters. The zero-order valence-electron chi connectivity index (χ0n) is 11.3. The molecule has 0 aromatic carbocycles. The Kier molecular flexibility index (Phi) is 4.92. The summed E-state index contributed by atoms with van der Waals surface area (Å²) in [5.41, 5.74) is 1.94.